The largest absolute Gasteiger partial charge is 0.493 e. The summed E-state index contributed by atoms with van der Waals surface area (Å²) in [7, 11) is 1.60. The molecule has 0 fully saturated rings. The topological polar surface area (TPSA) is 60.2 Å². The van der Waals surface area contributed by atoms with Crippen LogP contribution in [0.15, 0.2) is 24.5 Å². The Morgan fingerprint density at radius 1 is 1.39 bits per heavy atom. The van der Waals surface area contributed by atoms with Gasteiger partial charge in [-0.05, 0) is 23.6 Å². The molecule has 0 saturated heterocycles. The van der Waals surface area contributed by atoms with E-state index in [1.165, 1.54) is 0 Å². The maximum atomic E-state index is 9.28. The minimum Gasteiger partial charge on any atom is -0.493 e. The second kappa shape index (κ2) is 5.18. The van der Waals surface area contributed by atoms with Gasteiger partial charge in [0.15, 0.2) is 11.6 Å². The van der Waals surface area contributed by atoms with Gasteiger partial charge in [-0.3, -0.25) is 0 Å². The van der Waals surface area contributed by atoms with Gasteiger partial charge in [-0.15, -0.1) is 0 Å². The van der Waals surface area contributed by atoms with Gasteiger partial charge in [-0.2, -0.15) is 5.10 Å². The van der Waals surface area contributed by atoms with E-state index in [0.717, 1.165) is 11.3 Å². The Labute approximate surface area is 106 Å². The molecule has 2 aromatic heterocycles. The van der Waals surface area contributed by atoms with E-state index in [9.17, 15) is 5.11 Å². The van der Waals surface area contributed by atoms with Crippen LogP contribution in [0.3, 0.4) is 0 Å². The van der Waals surface area contributed by atoms with E-state index in [2.05, 4.69) is 23.9 Å². The fraction of sp³-hybridized carbons (Fsp3) is 0.385. The fourth-order valence-corrected chi connectivity index (χ4v) is 1.64. The average molecular weight is 247 g/mol. The van der Waals surface area contributed by atoms with Crippen molar-refractivity contribution in [3.8, 4) is 11.6 Å². The van der Waals surface area contributed by atoms with Crippen molar-refractivity contribution >= 4 is 0 Å². The van der Waals surface area contributed by atoms with Gasteiger partial charge in [0.25, 0.3) is 0 Å². The number of hydrogen-bond acceptors (Lipinski definition) is 4. The zero-order chi connectivity index (χ0) is 13.1. The first kappa shape index (κ1) is 12.6. The second-order valence-electron chi connectivity index (χ2n) is 4.40. The zero-order valence-corrected chi connectivity index (χ0v) is 10.8. The van der Waals surface area contributed by atoms with E-state index < -0.39 is 0 Å². The minimum absolute atomic E-state index is 0.00631. The maximum absolute atomic E-state index is 9.28. The van der Waals surface area contributed by atoms with Crippen LogP contribution in [0.25, 0.3) is 5.82 Å². The van der Waals surface area contributed by atoms with Crippen LogP contribution in [0.1, 0.15) is 31.0 Å². The van der Waals surface area contributed by atoms with Gasteiger partial charge in [0.05, 0.1) is 26.1 Å². The summed E-state index contributed by atoms with van der Waals surface area (Å²) in [6.07, 6.45) is 3.38. The van der Waals surface area contributed by atoms with Gasteiger partial charge < -0.3 is 9.84 Å². The number of ether oxygens (including phenoxy) is 1. The molecule has 0 aliphatic rings. The molecular formula is C13H17N3O2. The lowest BCUT2D eigenvalue weighted by Gasteiger charge is -2.09. The molecule has 0 aliphatic heterocycles. The molecule has 0 spiro atoms. The molecule has 0 bridgehead atoms. The summed E-state index contributed by atoms with van der Waals surface area (Å²) in [5, 5.41) is 13.5. The van der Waals surface area contributed by atoms with Crippen LogP contribution < -0.4 is 4.74 Å². The summed E-state index contributed by atoms with van der Waals surface area (Å²) < 4.78 is 6.73. The lowest BCUT2D eigenvalue weighted by molar-refractivity contribution is 0.281. The summed E-state index contributed by atoms with van der Waals surface area (Å²) in [5.41, 5.74) is 1.77. The first-order valence-corrected chi connectivity index (χ1v) is 5.84. The zero-order valence-electron chi connectivity index (χ0n) is 10.8. The summed E-state index contributed by atoms with van der Waals surface area (Å²) in [5.74, 6) is 1.67. The van der Waals surface area contributed by atoms with Crippen LogP contribution in [0.5, 0.6) is 5.75 Å². The molecule has 0 aliphatic carbocycles. The van der Waals surface area contributed by atoms with E-state index in [1.807, 2.05) is 12.1 Å². The van der Waals surface area contributed by atoms with Crippen molar-refractivity contribution in [2.45, 2.75) is 26.4 Å². The van der Waals surface area contributed by atoms with Crippen molar-refractivity contribution in [2.75, 3.05) is 7.11 Å². The SMILES string of the molecule is COc1cnn(-c2cc(CO)cc(C(C)C)n2)c1. The van der Waals surface area contributed by atoms with Crippen LogP contribution in [-0.4, -0.2) is 27.0 Å². The van der Waals surface area contributed by atoms with Crippen molar-refractivity contribution in [2.24, 2.45) is 0 Å². The third kappa shape index (κ3) is 2.51. The van der Waals surface area contributed by atoms with Gasteiger partial charge in [-0.1, -0.05) is 13.8 Å². The van der Waals surface area contributed by atoms with Crippen molar-refractivity contribution in [1.29, 1.82) is 0 Å². The molecule has 2 aromatic rings. The van der Waals surface area contributed by atoms with Crippen LogP contribution >= 0.6 is 0 Å². The first-order chi connectivity index (χ1) is 8.63. The van der Waals surface area contributed by atoms with E-state index in [0.29, 0.717) is 17.5 Å². The maximum Gasteiger partial charge on any atom is 0.157 e. The molecule has 5 heteroatoms. The molecule has 0 aromatic carbocycles. The Morgan fingerprint density at radius 3 is 2.72 bits per heavy atom. The van der Waals surface area contributed by atoms with E-state index in [-0.39, 0.29) is 6.61 Å². The highest BCUT2D eigenvalue weighted by Gasteiger charge is 2.08. The molecule has 96 valence electrons. The highest BCUT2D eigenvalue weighted by molar-refractivity contribution is 5.32. The number of aliphatic hydroxyl groups is 1. The molecule has 18 heavy (non-hydrogen) atoms. The molecular weight excluding hydrogens is 230 g/mol. The first-order valence-electron chi connectivity index (χ1n) is 5.84. The Hall–Kier alpha value is -1.88. The quantitative estimate of drug-likeness (QED) is 0.896. The number of methoxy groups -OCH3 is 1. The Bertz CT molecular complexity index is 535. The Kier molecular flexibility index (Phi) is 3.62. The summed E-state index contributed by atoms with van der Waals surface area (Å²) in [4.78, 5) is 4.53. The number of aliphatic hydroxyl groups excluding tert-OH is 1. The summed E-state index contributed by atoms with van der Waals surface area (Å²) in [6.45, 7) is 4.13. The predicted molar refractivity (Wildman–Crippen MR) is 67.9 cm³/mol. The standard InChI is InChI=1S/C13H17N3O2/c1-9(2)12-4-10(8-17)5-13(15-12)16-7-11(18-3)6-14-16/h4-7,9,17H,8H2,1-3H3. The molecule has 0 saturated carbocycles. The van der Waals surface area contributed by atoms with Gasteiger partial charge in [0.2, 0.25) is 0 Å². The number of hydrogen-bond donors (Lipinski definition) is 1. The highest BCUT2D eigenvalue weighted by Crippen LogP contribution is 2.18. The molecule has 0 unspecified atom stereocenters. The molecule has 2 rings (SSSR count). The van der Waals surface area contributed by atoms with Crippen molar-refractivity contribution in [3.05, 3.63) is 35.8 Å². The van der Waals surface area contributed by atoms with Gasteiger partial charge in [0, 0.05) is 5.69 Å². The average Bonchev–Trinajstić information content (AvgIpc) is 2.86. The van der Waals surface area contributed by atoms with Gasteiger partial charge in [-0.25, -0.2) is 9.67 Å². The Morgan fingerprint density at radius 2 is 2.17 bits per heavy atom. The molecule has 0 atom stereocenters. The number of nitrogens with zero attached hydrogens (tertiary/aromatic N) is 3. The van der Waals surface area contributed by atoms with Gasteiger partial charge >= 0.3 is 0 Å². The molecule has 5 nitrogen and oxygen atoms in total. The lowest BCUT2D eigenvalue weighted by atomic mass is 10.1. The molecule has 2 heterocycles. The highest BCUT2D eigenvalue weighted by atomic mass is 16.5. The number of pyridine rings is 1. The van der Waals surface area contributed by atoms with E-state index in [1.54, 1.807) is 24.2 Å². The summed E-state index contributed by atoms with van der Waals surface area (Å²) in [6, 6.07) is 3.73. The van der Waals surface area contributed by atoms with E-state index >= 15 is 0 Å². The minimum atomic E-state index is -0.00631. The normalized spacial score (nSPS) is 10.9. The van der Waals surface area contributed by atoms with Crippen LogP contribution in [0, 0.1) is 0 Å². The molecule has 0 amide bonds. The fourth-order valence-electron chi connectivity index (χ4n) is 1.64. The third-order valence-corrected chi connectivity index (χ3v) is 2.69. The van der Waals surface area contributed by atoms with Crippen molar-refractivity contribution < 1.29 is 9.84 Å². The third-order valence-electron chi connectivity index (χ3n) is 2.69. The monoisotopic (exact) mass is 247 g/mol. The van der Waals surface area contributed by atoms with Crippen LogP contribution in [0.4, 0.5) is 0 Å². The van der Waals surface area contributed by atoms with Gasteiger partial charge in [0.1, 0.15) is 0 Å². The van der Waals surface area contributed by atoms with Crippen molar-refractivity contribution in [3.63, 3.8) is 0 Å². The predicted octanol–water partition coefficient (Wildman–Crippen LogP) is 1.89. The second-order valence-corrected chi connectivity index (χ2v) is 4.40. The Balaban J connectivity index is 2.45. The smallest absolute Gasteiger partial charge is 0.157 e. The van der Waals surface area contributed by atoms with Crippen LogP contribution in [-0.2, 0) is 6.61 Å². The summed E-state index contributed by atoms with van der Waals surface area (Å²) >= 11 is 0. The number of rotatable bonds is 4. The number of aromatic nitrogens is 3. The lowest BCUT2D eigenvalue weighted by Crippen LogP contribution is -2.04. The van der Waals surface area contributed by atoms with Crippen LogP contribution in [0.2, 0.25) is 0 Å². The molecule has 0 radical (unpaired) electrons. The van der Waals surface area contributed by atoms with Crippen molar-refractivity contribution in [1.82, 2.24) is 14.8 Å². The molecule has 1 N–H and O–H groups in total. The van der Waals surface area contributed by atoms with E-state index in [4.69, 9.17) is 4.74 Å².